The van der Waals surface area contributed by atoms with E-state index in [1.807, 2.05) is 24.8 Å². The summed E-state index contributed by atoms with van der Waals surface area (Å²) in [4.78, 5) is 158. The average Bonchev–Trinajstić information content (AvgIpc) is 1.43. The van der Waals surface area contributed by atoms with Gasteiger partial charge in [-0.05, 0) is 87.7 Å². The largest absolute Gasteiger partial charge is 0.507 e. The maximum atomic E-state index is 15.8. The van der Waals surface area contributed by atoms with E-state index in [9.17, 15) is 58.2 Å². The molecule has 1 aromatic heterocycles. The molecular formula is C74H88N10O18. The van der Waals surface area contributed by atoms with Gasteiger partial charge in [0, 0.05) is 107 Å². The van der Waals surface area contributed by atoms with Crippen molar-refractivity contribution in [3.8, 4) is 11.5 Å². The Labute approximate surface area is 587 Å². The summed E-state index contributed by atoms with van der Waals surface area (Å²) in [6, 6.07) is 6.87. The van der Waals surface area contributed by atoms with E-state index in [0.717, 1.165) is 17.1 Å². The number of anilines is 2. The summed E-state index contributed by atoms with van der Waals surface area (Å²) in [6.45, 7) is 15.7. The van der Waals surface area contributed by atoms with Crippen molar-refractivity contribution in [2.75, 3.05) is 43.5 Å². The van der Waals surface area contributed by atoms with E-state index in [4.69, 9.17) is 34.1 Å². The molecule has 102 heavy (non-hydrogen) atoms. The van der Waals surface area contributed by atoms with Crippen molar-refractivity contribution >= 4 is 103 Å². The molecule has 0 radical (unpaired) electrons. The number of methoxy groups -OCH3 is 1. The van der Waals surface area contributed by atoms with Gasteiger partial charge in [0.2, 0.25) is 34.5 Å². The van der Waals surface area contributed by atoms with Crippen LogP contribution in [0, 0.1) is 23.7 Å². The molecule has 1 fully saturated rings. The number of primary amides is 1. The number of imide groups is 1. The number of nitrogens with one attached hydrogen (secondary N) is 6. The number of piperidine rings is 1. The summed E-state index contributed by atoms with van der Waals surface area (Å²) in [6.07, 6.45) is 9.81. The molecule has 0 saturated carbocycles. The first kappa shape index (κ1) is 74.1. The molecule has 10 N–H and O–H groups in total. The van der Waals surface area contributed by atoms with Crippen LogP contribution in [0.4, 0.5) is 16.2 Å². The Balaban J connectivity index is 0.971. The summed E-state index contributed by atoms with van der Waals surface area (Å²) in [7, 11) is 1.43. The van der Waals surface area contributed by atoms with Gasteiger partial charge in [-0.1, -0.05) is 83.2 Å². The number of aliphatic hydroxyl groups excluding tert-OH is 1. The number of benzene rings is 4. The third-order valence-corrected chi connectivity index (χ3v) is 19.7. The molecule has 4 aromatic carbocycles. The van der Waals surface area contributed by atoms with E-state index in [2.05, 4.69) is 38.8 Å². The number of ether oxygens (including phenoxy) is 4. The zero-order valence-electron chi connectivity index (χ0n) is 58.7. The molecule has 5 bridgehead atoms. The number of nitrogens with two attached hydrogens (primary N) is 1. The highest BCUT2D eigenvalue weighted by Gasteiger charge is 2.55. The van der Waals surface area contributed by atoms with Gasteiger partial charge in [0.1, 0.15) is 46.9 Å². The van der Waals surface area contributed by atoms with Crippen LogP contribution in [-0.2, 0) is 64.4 Å². The predicted octanol–water partition coefficient (Wildman–Crippen LogP) is 5.15. The van der Waals surface area contributed by atoms with Gasteiger partial charge in [-0.3, -0.25) is 52.8 Å². The van der Waals surface area contributed by atoms with Crippen molar-refractivity contribution in [1.82, 2.24) is 36.5 Å². The number of hydrogen-bond donors (Lipinski definition) is 9. The van der Waals surface area contributed by atoms with E-state index >= 15 is 4.79 Å². The lowest BCUT2D eigenvalue weighted by atomic mass is 9.66. The number of hydrogen-bond acceptors (Lipinski definition) is 20. The van der Waals surface area contributed by atoms with Gasteiger partial charge in [0.05, 0.1) is 33.9 Å². The summed E-state index contributed by atoms with van der Waals surface area (Å²) < 4.78 is 32.0. The van der Waals surface area contributed by atoms with Gasteiger partial charge >= 0.3 is 17.8 Å². The number of carbonyl (C=O) groups excluding carboxylic acids is 9. The number of amides is 9. The number of nitrogens with zero attached hydrogens (tertiary/aromatic N) is 3. The Hall–Kier alpha value is -10.6. The molecule has 9 amide bonds. The Kier molecular flexibility index (Phi) is 22.3. The molecule has 28 heteroatoms. The highest BCUT2D eigenvalue weighted by atomic mass is 16.7. The van der Waals surface area contributed by atoms with E-state index in [1.165, 1.54) is 33.3 Å². The molecule has 10 atom stereocenters. The Morgan fingerprint density at radius 3 is 2.24 bits per heavy atom. The van der Waals surface area contributed by atoms with Crippen molar-refractivity contribution in [1.29, 1.82) is 0 Å². The number of aromatic hydroxyl groups is 1. The number of carbonyl (C=O) groups is 9. The first-order valence-electron chi connectivity index (χ1n) is 34.3. The SMILES string of the molecule is CO[C@H]1/C=C/O[C@@]2(C)Oc3c4c(O)c5c(=O)c(c6oc7cc(N8CCC(NC(=O)[C@H](Cc9ccccc9)NC(=O)[C@H](CCCNC(N)=O)NC(=O)[C@@H](NC(=O)CCN9C(=O)C=CC9=O)C(C)C)CC8)cc(=O)c7nc6c5c3=C2O)NC(=O)/C(C)=C\C=C\[C@H](C)C[C@@H](C)C[C@@H](C)[C@H](OC(C)=O)[C@@]41C. The summed E-state index contributed by atoms with van der Waals surface area (Å²) in [5, 5.41) is 41.5. The first-order valence-corrected chi connectivity index (χ1v) is 34.3. The van der Waals surface area contributed by atoms with Crippen molar-refractivity contribution in [2.45, 2.75) is 161 Å². The number of urea groups is 1. The van der Waals surface area contributed by atoms with Crippen LogP contribution in [0.25, 0.3) is 38.7 Å². The third-order valence-electron chi connectivity index (χ3n) is 19.7. The highest BCUT2D eigenvalue weighted by Crippen LogP contribution is 2.53. The minimum Gasteiger partial charge on any atom is -0.507 e. The van der Waals surface area contributed by atoms with E-state index < -0.39 is 146 Å². The van der Waals surface area contributed by atoms with Crippen LogP contribution in [0.1, 0.15) is 118 Å². The Morgan fingerprint density at radius 1 is 0.873 bits per heavy atom. The second-order valence-corrected chi connectivity index (χ2v) is 27.8. The van der Waals surface area contributed by atoms with Crippen molar-refractivity contribution in [2.24, 2.45) is 29.4 Å². The number of phenolic OH excluding ortho intramolecular Hbond substituents is 1. The number of aromatic nitrogens is 1. The summed E-state index contributed by atoms with van der Waals surface area (Å²) >= 11 is 0. The lowest BCUT2D eigenvalue weighted by Gasteiger charge is -2.45. The molecule has 28 nitrogen and oxygen atoms in total. The van der Waals surface area contributed by atoms with Gasteiger partial charge < -0.3 is 76.1 Å². The van der Waals surface area contributed by atoms with Crippen LogP contribution in [-0.4, -0.2) is 149 Å². The molecule has 5 aliphatic rings. The summed E-state index contributed by atoms with van der Waals surface area (Å²) in [5.41, 5.74) is 1.79. The predicted molar refractivity (Wildman–Crippen MR) is 377 cm³/mol. The number of allylic oxidation sites excluding steroid dienone is 3. The maximum absolute atomic E-state index is 15.8. The average molecular weight is 1410 g/mol. The van der Waals surface area contributed by atoms with Crippen molar-refractivity contribution in [3.63, 3.8) is 0 Å². The van der Waals surface area contributed by atoms with Crippen LogP contribution >= 0.6 is 0 Å². The molecule has 1 saturated heterocycles. The van der Waals surface area contributed by atoms with Crippen LogP contribution in [0.2, 0.25) is 0 Å². The minimum absolute atomic E-state index is 0.0103. The number of esters is 1. The van der Waals surface area contributed by atoms with Crippen LogP contribution in [0.5, 0.6) is 11.5 Å². The number of fused-ring (bicyclic) bond motifs is 7. The van der Waals surface area contributed by atoms with Gasteiger partial charge in [0.25, 0.3) is 17.7 Å². The summed E-state index contributed by atoms with van der Waals surface area (Å²) in [5.74, 6) is -9.56. The van der Waals surface area contributed by atoms with E-state index in [0.29, 0.717) is 36.9 Å². The minimum atomic E-state index is -2.02. The Morgan fingerprint density at radius 2 is 1.57 bits per heavy atom. The number of rotatable bonds is 20. The molecule has 5 aliphatic heterocycles. The van der Waals surface area contributed by atoms with Crippen molar-refractivity contribution < 1.29 is 76.7 Å². The lowest BCUT2D eigenvalue weighted by molar-refractivity contribution is -0.158. The topological polar surface area (TPSA) is 396 Å². The first-order chi connectivity index (χ1) is 48.4. The standard InChI is InChI=1S/C74H88N10O18/c1-37(2)58(80-51(87)25-30-84-52(88)21-22-53(84)89)71(96)78-46(20-15-27-76-72(75)97)69(94)79-47(34-43-18-12-11-13-19-43)70(95)77-44-23-28-83(29-24-44)45-35-48(86)59-49(36-45)101-65-60(81-59)54-55-62(90)57-64-56(54)66(92)74(9,102-64)99-31-26-50(98-10)73(57,8)67(100-42(7)85)41(6)33-39(4)32-38(3)16-14-17-40(5)68(93)82-61(65)63(55)91/h11-14,16-19,21-22,26,31,35-39,41,44,46-47,50,58,67,90,92H,15,20,23-25,27-30,32-34H2,1-10H3,(H,77,95)(H,78,96)(H,79,94)(H,80,87)(H,82,93)(H3,75,76,97)/b16-14+,31-26+,40-17-/t38-,39+,41+,46-,47-,50-,58-,67-,73+,74-/m0/s1. The van der Waals surface area contributed by atoms with Gasteiger partial charge in [0.15, 0.2) is 22.4 Å². The molecule has 542 valence electrons. The van der Waals surface area contributed by atoms with Crippen molar-refractivity contribution in [3.05, 3.63) is 128 Å². The molecule has 5 aromatic rings. The number of aliphatic hydroxyl groups is 1. The molecule has 0 aliphatic carbocycles. The smallest absolute Gasteiger partial charge is 0.312 e. The monoisotopic (exact) mass is 1400 g/mol. The molecule has 0 spiro atoms. The molecular weight excluding hydrogens is 1320 g/mol. The normalized spacial score (nSPS) is 24.3. The van der Waals surface area contributed by atoms with Crippen LogP contribution in [0.15, 0.2) is 105 Å². The van der Waals surface area contributed by atoms with Gasteiger partial charge in [-0.2, -0.15) is 0 Å². The highest BCUT2D eigenvalue weighted by molar-refractivity contribution is 6.17. The van der Waals surface area contributed by atoms with E-state index in [1.54, 1.807) is 82.3 Å². The molecule has 10 rings (SSSR count). The number of phenols is 1. The quantitative estimate of drug-likeness (QED) is 0.0160. The lowest BCUT2D eigenvalue weighted by Crippen LogP contribution is -2.59. The molecule has 6 heterocycles. The second kappa shape index (κ2) is 30.7. The zero-order valence-corrected chi connectivity index (χ0v) is 58.7. The Bertz CT molecular complexity index is 4490. The van der Waals surface area contributed by atoms with Gasteiger partial charge in [-0.25, -0.2) is 9.78 Å². The fourth-order valence-corrected chi connectivity index (χ4v) is 14.6. The third kappa shape index (κ3) is 15.5. The zero-order chi connectivity index (χ0) is 73.8. The fraction of sp³-hybridized carbons (Fsp3) is 0.459. The van der Waals surface area contributed by atoms with Gasteiger partial charge in [-0.15, -0.1) is 0 Å². The maximum Gasteiger partial charge on any atom is 0.312 e. The fourth-order valence-electron chi connectivity index (χ4n) is 14.6. The second-order valence-electron chi connectivity index (χ2n) is 27.8. The molecule has 0 unspecified atom stereocenters. The van der Waals surface area contributed by atoms with E-state index in [-0.39, 0.29) is 113 Å². The van der Waals surface area contributed by atoms with Crippen LogP contribution in [0.3, 0.4) is 0 Å². The van der Waals surface area contributed by atoms with Crippen LogP contribution < -0.4 is 63.3 Å².